The smallest absolute Gasteiger partial charge is 0.225 e. The van der Waals surface area contributed by atoms with Crippen LogP contribution in [0.4, 0.5) is 0 Å². The Kier molecular flexibility index (Phi) is 3.76. The van der Waals surface area contributed by atoms with Crippen LogP contribution in [-0.2, 0) is 16.1 Å². The molecule has 1 atom stereocenters. The predicted octanol–water partition coefficient (Wildman–Crippen LogP) is 1.51. The van der Waals surface area contributed by atoms with E-state index in [1.54, 1.807) is 15.9 Å². The molecule has 0 saturated carbocycles. The van der Waals surface area contributed by atoms with Crippen molar-refractivity contribution in [2.75, 3.05) is 13.2 Å². The number of hydrogen-bond acceptors (Lipinski definition) is 6. The van der Waals surface area contributed by atoms with E-state index in [-0.39, 0.29) is 11.8 Å². The third-order valence-corrected chi connectivity index (χ3v) is 4.55. The predicted molar refractivity (Wildman–Crippen MR) is 84.9 cm³/mol. The monoisotopic (exact) mass is 329 g/mol. The van der Waals surface area contributed by atoms with Crippen LogP contribution >= 0.6 is 11.3 Å². The highest BCUT2D eigenvalue weighted by atomic mass is 32.1. The maximum Gasteiger partial charge on any atom is 0.225 e. The molecule has 4 rings (SSSR count). The number of hydrogen-bond donors (Lipinski definition) is 1. The lowest BCUT2D eigenvalue weighted by Gasteiger charge is -2.08. The largest absolute Gasteiger partial charge is 0.381 e. The minimum absolute atomic E-state index is 0.00626. The first-order valence-electron chi connectivity index (χ1n) is 7.40. The van der Waals surface area contributed by atoms with Crippen LogP contribution in [-0.4, -0.2) is 38.9 Å². The number of nitrogens with one attached hydrogen (secondary N) is 1. The van der Waals surface area contributed by atoms with Crippen LogP contribution in [0.1, 0.15) is 12.2 Å². The van der Waals surface area contributed by atoms with E-state index in [9.17, 15) is 4.79 Å². The van der Waals surface area contributed by atoms with Crippen molar-refractivity contribution < 1.29 is 9.53 Å². The summed E-state index contributed by atoms with van der Waals surface area (Å²) in [4.78, 5) is 12.1. The minimum Gasteiger partial charge on any atom is -0.381 e. The van der Waals surface area contributed by atoms with Crippen LogP contribution < -0.4 is 5.32 Å². The average molecular weight is 329 g/mol. The highest BCUT2D eigenvalue weighted by molar-refractivity contribution is 7.08. The molecule has 0 radical (unpaired) electrons. The van der Waals surface area contributed by atoms with Crippen LogP contribution in [0.15, 0.2) is 29.0 Å². The van der Waals surface area contributed by atoms with E-state index in [1.165, 1.54) is 0 Å². The summed E-state index contributed by atoms with van der Waals surface area (Å²) in [6.45, 7) is 1.45. The molecule has 0 bridgehead atoms. The van der Waals surface area contributed by atoms with Gasteiger partial charge in [0.25, 0.3) is 0 Å². The number of fused-ring (bicyclic) bond motifs is 1. The first-order valence-corrected chi connectivity index (χ1v) is 8.35. The summed E-state index contributed by atoms with van der Waals surface area (Å²) in [6.07, 6.45) is 0.771. The van der Waals surface area contributed by atoms with Gasteiger partial charge in [0.15, 0.2) is 11.5 Å². The van der Waals surface area contributed by atoms with E-state index in [0.29, 0.717) is 31.2 Å². The molecular weight excluding hydrogens is 314 g/mol. The van der Waals surface area contributed by atoms with Crippen molar-refractivity contribution in [3.05, 3.63) is 34.8 Å². The first-order chi connectivity index (χ1) is 11.3. The zero-order valence-corrected chi connectivity index (χ0v) is 13.1. The number of aromatic nitrogens is 4. The molecule has 7 nitrogen and oxygen atoms in total. The minimum atomic E-state index is -0.0662. The van der Waals surface area contributed by atoms with Crippen molar-refractivity contribution in [1.82, 2.24) is 25.1 Å². The topological polar surface area (TPSA) is 81.4 Å². The van der Waals surface area contributed by atoms with Crippen LogP contribution in [0.25, 0.3) is 16.9 Å². The summed E-state index contributed by atoms with van der Waals surface area (Å²) in [5.41, 5.74) is 2.58. The van der Waals surface area contributed by atoms with Gasteiger partial charge >= 0.3 is 0 Å². The van der Waals surface area contributed by atoms with E-state index >= 15 is 0 Å². The Hall–Kier alpha value is -2.32. The van der Waals surface area contributed by atoms with Gasteiger partial charge in [-0.05, 0) is 30.0 Å². The molecule has 3 aromatic rings. The lowest BCUT2D eigenvalue weighted by molar-refractivity contribution is -0.125. The number of thiophene rings is 1. The van der Waals surface area contributed by atoms with Crippen molar-refractivity contribution in [3.63, 3.8) is 0 Å². The Morgan fingerprint density at radius 2 is 2.35 bits per heavy atom. The fourth-order valence-corrected chi connectivity index (χ4v) is 3.21. The molecule has 0 aromatic carbocycles. The van der Waals surface area contributed by atoms with Gasteiger partial charge in [0.2, 0.25) is 5.91 Å². The van der Waals surface area contributed by atoms with Gasteiger partial charge in [0.05, 0.1) is 24.8 Å². The van der Waals surface area contributed by atoms with Crippen LogP contribution in [0.5, 0.6) is 0 Å². The normalized spacial score (nSPS) is 17.7. The number of rotatable bonds is 4. The molecule has 1 amide bonds. The van der Waals surface area contributed by atoms with Gasteiger partial charge in [-0.3, -0.25) is 4.79 Å². The molecule has 1 saturated heterocycles. The molecule has 4 heterocycles. The van der Waals surface area contributed by atoms with Crippen molar-refractivity contribution in [2.24, 2.45) is 5.92 Å². The highest BCUT2D eigenvalue weighted by Gasteiger charge is 2.23. The Bertz CT molecular complexity index is 824. The zero-order chi connectivity index (χ0) is 15.6. The SMILES string of the molecule is O=C(NCc1nnc2ccc(-c3ccsc3)nn12)[C@@H]1CCOC1. The van der Waals surface area contributed by atoms with Crippen molar-refractivity contribution in [3.8, 4) is 11.3 Å². The third-order valence-electron chi connectivity index (χ3n) is 3.87. The van der Waals surface area contributed by atoms with Crippen molar-refractivity contribution in [1.29, 1.82) is 0 Å². The van der Waals surface area contributed by atoms with Crippen LogP contribution in [0, 0.1) is 5.92 Å². The summed E-state index contributed by atoms with van der Waals surface area (Å²) >= 11 is 1.62. The van der Waals surface area contributed by atoms with Crippen molar-refractivity contribution in [2.45, 2.75) is 13.0 Å². The maximum absolute atomic E-state index is 12.1. The second kappa shape index (κ2) is 6.05. The fourth-order valence-electron chi connectivity index (χ4n) is 2.56. The molecule has 1 aliphatic heterocycles. The first kappa shape index (κ1) is 14.3. The molecule has 118 valence electrons. The van der Waals surface area contributed by atoms with E-state index in [2.05, 4.69) is 20.6 Å². The number of ether oxygens (including phenoxy) is 1. The lowest BCUT2D eigenvalue weighted by Crippen LogP contribution is -2.31. The molecule has 23 heavy (non-hydrogen) atoms. The van der Waals surface area contributed by atoms with Gasteiger partial charge in [-0.1, -0.05) is 0 Å². The number of carbonyl (C=O) groups is 1. The summed E-state index contributed by atoms with van der Waals surface area (Å²) in [6, 6.07) is 5.82. The molecule has 1 N–H and O–H groups in total. The Labute approximate surface area is 136 Å². The summed E-state index contributed by atoms with van der Waals surface area (Å²) in [5.74, 6) is 0.543. The Morgan fingerprint density at radius 1 is 1.39 bits per heavy atom. The van der Waals surface area contributed by atoms with Gasteiger partial charge in [0.1, 0.15) is 0 Å². The van der Waals surface area contributed by atoms with Crippen LogP contribution in [0.3, 0.4) is 0 Å². The van der Waals surface area contributed by atoms with E-state index in [4.69, 9.17) is 4.74 Å². The maximum atomic E-state index is 12.1. The molecule has 0 aliphatic carbocycles. The zero-order valence-electron chi connectivity index (χ0n) is 12.3. The second-order valence-corrected chi connectivity index (χ2v) is 6.18. The van der Waals surface area contributed by atoms with Gasteiger partial charge < -0.3 is 10.1 Å². The average Bonchev–Trinajstić information content (AvgIpc) is 3.33. The molecule has 0 unspecified atom stereocenters. The lowest BCUT2D eigenvalue weighted by atomic mass is 10.1. The fraction of sp³-hybridized carbons (Fsp3) is 0.333. The van der Waals surface area contributed by atoms with E-state index in [0.717, 1.165) is 17.7 Å². The third kappa shape index (κ3) is 2.82. The van der Waals surface area contributed by atoms with Gasteiger partial charge in [-0.25, -0.2) is 0 Å². The van der Waals surface area contributed by atoms with Gasteiger partial charge in [0, 0.05) is 17.6 Å². The van der Waals surface area contributed by atoms with E-state index < -0.39 is 0 Å². The Morgan fingerprint density at radius 3 is 3.13 bits per heavy atom. The number of amides is 1. The molecule has 0 spiro atoms. The van der Waals surface area contributed by atoms with Gasteiger partial charge in [-0.15, -0.1) is 10.2 Å². The summed E-state index contributed by atoms with van der Waals surface area (Å²) < 4.78 is 6.92. The molecule has 3 aromatic heterocycles. The Balaban J connectivity index is 1.55. The number of carbonyl (C=O) groups excluding carboxylic acids is 1. The van der Waals surface area contributed by atoms with Crippen molar-refractivity contribution >= 4 is 22.9 Å². The summed E-state index contributed by atoms with van der Waals surface area (Å²) in [7, 11) is 0. The summed E-state index contributed by atoms with van der Waals surface area (Å²) in [5, 5.41) is 19.7. The second-order valence-electron chi connectivity index (χ2n) is 5.40. The standard InChI is InChI=1S/C15H15N5O2S/c21-15(10-3-5-22-8-10)16-7-14-18-17-13-2-1-12(19-20(13)14)11-4-6-23-9-11/h1-2,4,6,9-10H,3,5,7-8H2,(H,16,21)/t10-/m1/s1. The quantitative estimate of drug-likeness (QED) is 0.784. The highest BCUT2D eigenvalue weighted by Crippen LogP contribution is 2.20. The molecule has 1 aliphatic rings. The van der Waals surface area contributed by atoms with E-state index in [1.807, 2.05) is 29.0 Å². The van der Waals surface area contributed by atoms with Gasteiger partial charge in [-0.2, -0.15) is 21.0 Å². The van der Waals surface area contributed by atoms with Crippen LogP contribution in [0.2, 0.25) is 0 Å². The molecule has 8 heteroatoms. The molecule has 1 fully saturated rings. The molecular formula is C15H15N5O2S. The number of nitrogens with zero attached hydrogens (tertiary/aromatic N) is 4.